The van der Waals surface area contributed by atoms with Crippen LogP contribution in [0, 0.1) is 0 Å². The Morgan fingerprint density at radius 3 is 2.60 bits per heavy atom. The van der Waals surface area contributed by atoms with Crippen LogP contribution in [0.15, 0.2) is 4.99 Å². The van der Waals surface area contributed by atoms with Crippen molar-refractivity contribution in [1.82, 2.24) is 15.1 Å². The number of guanidine groups is 1. The van der Waals surface area contributed by atoms with E-state index >= 15 is 0 Å². The maximum Gasteiger partial charge on any atom is 0.193 e. The molecule has 146 valence electrons. The molecular weight excluding hydrogens is 447 g/mol. The molecule has 1 atom stereocenters. The summed E-state index contributed by atoms with van der Waals surface area (Å²) < 4.78 is 5.90. The largest absolute Gasteiger partial charge is 0.381 e. The van der Waals surface area contributed by atoms with Crippen molar-refractivity contribution >= 4 is 41.7 Å². The van der Waals surface area contributed by atoms with E-state index in [1.807, 2.05) is 7.05 Å². The molecule has 1 unspecified atom stereocenters. The van der Waals surface area contributed by atoms with E-state index in [1.54, 1.807) is 0 Å². The van der Waals surface area contributed by atoms with Gasteiger partial charge in [-0.3, -0.25) is 9.89 Å². The lowest BCUT2D eigenvalue weighted by atomic mass is 9.99. The smallest absolute Gasteiger partial charge is 0.193 e. The molecule has 0 radical (unpaired) electrons. The minimum atomic E-state index is 0. The summed E-state index contributed by atoms with van der Waals surface area (Å²) in [5.41, 5.74) is 0. The Kier molecular flexibility index (Phi) is 9.11. The van der Waals surface area contributed by atoms with Gasteiger partial charge >= 0.3 is 0 Å². The van der Waals surface area contributed by atoms with Gasteiger partial charge in [0.2, 0.25) is 0 Å². The Labute approximate surface area is 174 Å². The number of hydrogen-bond donors (Lipinski definition) is 1. The number of aliphatic imine (C=N–C) groups is 1. The van der Waals surface area contributed by atoms with E-state index in [9.17, 15) is 0 Å². The predicted molar refractivity (Wildman–Crippen MR) is 118 cm³/mol. The zero-order valence-corrected chi connectivity index (χ0v) is 19.0. The average Bonchev–Trinajstić information content (AvgIpc) is 3.28. The summed E-state index contributed by atoms with van der Waals surface area (Å²) >= 11 is 2.09. The third kappa shape index (κ3) is 5.62. The van der Waals surface area contributed by atoms with Gasteiger partial charge < -0.3 is 15.0 Å². The van der Waals surface area contributed by atoms with Gasteiger partial charge in [-0.2, -0.15) is 11.8 Å². The molecular formula is C18H35IN4OS. The second kappa shape index (κ2) is 10.6. The van der Waals surface area contributed by atoms with Crippen LogP contribution in [0.4, 0.5) is 0 Å². The second-order valence-corrected chi connectivity index (χ2v) is 8.99. The molecule has 1 N–H and O–H groups in total. The first-order chi connectivity index (χ1) is 11.8. The number of nitrogens with one attached hydrogen (secondary N) is 1. The molecule has 0 aromatic rings. The molecule has 0 amide bonds. The van der Waals surface area contributed by atoms with Crippen LogP contribution in [0.5, 0.6) is 0 Å². The van der Waals surface area contributed by atoms with Crippen LogP contribution in [-0.4, -0.2) is 85.3 Å². The van der Waals surface area contributed by atoms with Crippen molar-refractivity contribution in [3.8, 4) is 0 Å². The van der Waals surface area contributed by atoms with Crippen LogP contribution in [-0.2, 0) is 4.74 Å². The van der Waals surface area contributed by atoms with Gasteiger partial charge in [0.05, 0.1) is 0 Å². The fraction of sp³-hybridized carbons (Fsp3) is 0.944. The Hall–Kier alpha value is 0.270. The molecule has 7 heteroatoms. The lowest BCUT2D eigenvalue weighted by Crippen LogP contribution is -2.49. The molecule has 3 aliphatic rings. The van der Waals surface area contributed by atoms with Gasteiger partial charge in [-0.15, -0.1) is 24.0 Å². The van der Waals surface area contributed by atoms with Crippen molar-refractivity contribution in [2.24, 2.45) is 4.99 Å². The Balaban J connectivity index is 0.00000225. The fourth-order valence-electron chi connectivity index (χ4n) is 4.33. The molecule has 0 saturated carbocycles. The minimum absolute atomic E-state index is 0. The molecule has 0 aromatic carbocycles. The first kappa shape index (κ1) is 21.6. The molecule has 0 aliphatic carbocycles. The van der Waals surface area contributed by atoms with E-state index in [0.717, 1.165) is 57.7 Å². The van der Waals surface area contributed by atoms with Crippen LogP contribution in [0.3, 0.4) is 0 Å². The zero-order chi connectivity index (χ0) is 16.8. The zero-order valence-electron chi connectivity index (χ0n) is 15.8. The van der Waals surface area contributed by atoms with Gasteiger partial charge in [0.1, 0.15) is 0 Å². The molecule has 3 saturated heterocycles. The topological polar surface area (TPSA) is 40.1 Å². The third-order valence-electron chi connectivity index (χ3n) is 5.75. The highest BCUT2D eigenvalue weighted by molar-refractivity contribution is 14.0. The average molecular weight is 482 g/mol. The number of likely N-dealkylation sites (tertiary alicyclic amines) is 2. The number of nitrogens with zero attached hydrogens (tertiary/aromatic N) is 3. The highest BCUT2D eigenvalue weighted by atomic mass is 127. The Morgan fingerprint density at radius 1 is 1.24 bits per heavy atom. The van der Waals surface area contributed by atoms with Crippen molar-refractivity contribution in [2.75, 3.05) is 58.7 Å². The molecule has 3 heterocycles. The lowest BCUT2D eigenvalue weighted by molar-refractivity contribution is 0.0780. The van der Waals surface area contributed by atoms with E-state index in [-0.39, 0.29) is 24.0 Å². The summed E-state index contributed by atoms with van der Waals surface area (Å²) in [7, 11) is 1.93. The summed E-state index contributed by atoms with van der Waals surface area (Å²) in [6.07, 6.45) is 6.33. The molecule has 25 heavy (non-hydrogen) atoms. The van der Waals surface area contributed by atoms with E-state index in [2.05, 4.69) is 38.8 Å². The monoisotopic (exact) mass is 482 g/mol. The van der Waals surface area contributed by atoms with Gasteiger partial charge in [0.15, 0.2) is 5.96 Å². The number of ether oxygens (including phenoxy) is 1. The standard InChI is InChI=1S/C18H34N4OS.HI/c1-3-24-18(7-12-23-13-8-18)15-20-17(19-2)22-11-6-16(14-22)21-9-4-5-10-21;/h16H,3-15H2,1-2H3,(H,19,20);1H. The molecule has 3 aliphatic heterocycles. The second-order valence-electron chi connectivity index (χ2n) is 7.26. The highest BCUT2D eigenvalue weighted by Crippen LogP contribution is 2.34. The van der Waals surface area contributed by atoms with Crippen molar-refractivity contribution < 1.29 is 4.74 Å². The number of thioether (sulfide) groups is 1. The van der Waals surface area contributed by atoms with Gasteiger partial charge in [-0.05, 0) is 50.9 Å². The molecule has 0 aromatic heterocycles. The molecule has 0 bridgehead atoms. The number of hydrogen-bond acceptors (Lipinski definition) is 4. The van der Waals surface area contributed by atoms with E-state index in [1.165, 1.54) is 38.1 Å². The minimum Gasteiger partial charge on any atom is -0.381 e. The molecule has 3 fully saturated rings. The first-order valence-electron chi connectivity index (χ1n) is 9.68. The van der Waals surface area contributed by atoms with E-state index in [0.29, 0.717) is 4.75 Å². The van der Waals surface area contributed by atoms with Gasteiger partial charge in [-0.1, -0.05) is 6.92 Å². The lowest BCUT2D eigenvalue weighted by Gasteiger charge is -2.37. The normalized spacial score (nSPS) is 27.4. The van der Waals surface area contributed by atoms with E-state index < -0.39 is 0 Å². The molecule has 0 spiro atoms. The SMILES string of the molecule is CCSC1(CNC(=NC)N2CCC(N3CCCC3)C2)CCOCC1.I. The Bertz CT molecular complexity index is 420. The summed E-state index contributed by atoms with van der Waals surface area (Å²) in [4.78, 5) is 9.72. The van der Waals surface area contributed by atoms with E-state index in [4.69, 9.17) is 4.74 Å². The summed E-state index contributed by atoms with van der Waals surface area (Å²) in [5.74, 6) is 2.26. The van der Waals surface area contributed by atoms with Crippen LogP contribution in [0.25, 0.3) is 0 Å². The fourth-order valence-corrected chi connectivity index (χ4v) is 5.58. The quantitative estimate of drug-likeness (QED) is 0.371. The summed E-state index contributed by atoms with van der Waals surface area (Å²) in [6.45, 7) is 9.92. The van der Waals surface area contributed by atoms with Crippen LogP contribution >= 0.6 is 35.7 Å². The number of rotatable bonds is 5. The van der Waals surface area contributed by atoms with Crippen molar-refractivity contribution in [1.29, 1.82) is 0 Å². The van der Waals surface area contributed by atoms with Gasteiger partial charge in [-0.25, -0.2) is 0 Å². The first-order valence-corrected chi connectivity index (χ1v) is 10.7. The van der Waals surface area contributed by atoms with Gasteiger partial charge in [0.25, 0.3) is 0 Å². The Morgan fingerprint density at radius 2 is 1.96 bits per heavy atom. The maximum atomic E-state index is 5.59. The van der Waals surface area contributed by atoms with Crippen molar-refractivity contribution in [3.05, 3.63) is 0 Å². The van der Waals surface area contributed by atoms with Gasteiger partial charge in [0, 0.05) is 50.7 Å². The predicted octanol–water partition coefficient (Wildman–Crippen LogP) is 2.65. The van der Waals surface area contributed by atoms with Crippen molar-refractivity contribution in [2.45, 2.75) is 49.8 Å². The highest BCUT2D eigenvalue weighted by Gasteiger charge is 2.35. The van der Waals surface area contributed by atoms with Crippen molar-refractivity contribution in [3.63, 3.8) is 0 Å². The van der Waals surface area contributed by atoms with Crippen LogP contribution < -0.4 is 5.32 Å². The number of halogens is 1. The van der Waals surface area contributed by atoms with Crippen LogP contribution in [0.2, 0.25) is 0 Å². The third-order valence-corrected chi connectivity index (χ3v) is 7.21. The summed E-state index contributed by atoms with van der Waals surface area (Å²) in [6, 6.07) is 0.730. The van der Waals surface area contributed by atoms with Crippen LogP contribution in [0.1, 0.15) is 39.0 Å². The summed E-state index contributed by atoms with van der Waals surface area (Å²) in [5, 5.41) is 3.70. The molecule has 5 nitrogen and oxygen atoms in total. The maximum absolute atomic E-state index is 5.59. The molecule has 3 rings (SSSR count).